The van der Waals surface area contributed by atoms with Gasteiger partial charge in [-0.3, -0.25) is 4.90 Å². The number of hydrogen-bond donors (Lipinski definition) is 0. The molecule has 1 aromatic rings. The molecule has 0 atom stereocenters. The fraction of sp³-hybridized carbons (Fsp3) is 0.667. The van der Waals surface area contributed by atoms with Crippen LogP contribution >= 0.6 is 11.8 Å². The second-order valence-electron chi connectivity index (χ2n) is 4.97. The van der Waals surface area contributed by atoms with Crippen LogP contribution in [0.2, 0.25) is 0 Å². The zero-order valence-electron chi connectivity index (χ0n) is 10.8. The van der Waals surface area contributed by atoms with E-state index in [2.05, 4.69) is 14.9 Å². The van der Waals surface area contributed by atoms with Crippen LogP contribution in [-0.2, 0) is 6.18 Å². The lowest BCUT2D eigenvalue weighted by Gasteiger charge is -2.47. The van der Waals surface area contributed by atoms with Gasteiger partial charge in [-0.25, -0.2) is 9.97 Å². The summed E-state index contributed by atoms with van der Waals surface area (Å²) in [5, 5.41) is 0. The van der Waals surface area contributed by atoms with E-state index in [1.54, 1.807) is 0 Å². The monoisotopic (exact) mass is 304 g/mol. The van der Waals surface area contributed by atoms with Crippen molar-refractivity contribution < 1.29 is 13.2 Å². The van der Waals surface area contributed by atoms with Crippen molar-refractivity contribution in [3.63, 3.8) is 0 Å². The molecule has 0 spiro atoms. The first kappa shape index (κ1) is 13.9. The van der Waals surface area contributed by atoms with Crippen molar-refractivity contribution >= 4 is 17.6 Å². The highest BCUT2D eigenvalue weighted by Gasteiger charge is 2.36. The van der Waals surface area contributed by atoms with E-state index in [9.17, 15) is 13.2 Å². The molecule has 3 rings (SSSR count). The number of anilines is 1. The molecule has 0 amide bonds. The summed E-state index contributed by atoms with van der Waals surface area (Å²) >= 11 is 1.95. The summed E-state index contributed by atoms with van der Waals surface area (Å²) in [5.74, 6) is 2.65. The third kappa shape index (κ3) is 2.85. The van der Waals surface area contributed by atoms with Gasteiger partial charge in [0.25, 0.3) is 0 Å². The quantitative estimate of drug-likeness (QED) is 0.831. The van der Waals surface area contributed by atoms with Crippen molar-refractivity contribution in [2.24, 2.45) is 0 Å². The molecule has 0 radical (unpaired) electrons. The number of alkyl halides is 3. The molecule has 20 heavy (non-hydrogen) atoms. The molecule has 0 N–H and O–H groups in total. The fourth-order valence-electron chi connectivity index (χ4n) is 2.49. The summed E-state index contributed by atoms with van der Waals surface area (Å²) in [5.41, 5.74) is -0.875. The van der Waals surface area contributed by atoms with Crippen molar-refractivity contribution in [1.29, 1.82) is 0 Å². The number of hydrogen-bond acceptors (Lipinski definition) is 5. The molecule has 2 fully saturated rings. The van der Waals surface area contributed by atoms with Gasteiger partial charge >= 0.3 is 6.18 Å². The average Bonchev–Trinajstić information content (AvgIpc) is 2.38. The minimum absolute atomic E-state index is 0.370. The second kappa shape index (κ2) is 5.40. The van der Waals surface area contributed by atoms with Crippen LogP contribution in [0.5, 0.6) is 0 Å². The molecule has 2 saturated heterocycles. The van der Waals surface area contributed by atoms with Crippen molar-refractivity contribution in [2.45, 2.75) is 12.2 Å². The van der Waals surface area contributed by atoms with Gasteiger partial charge in [0.15, 0.2) is 0 Å². The Morgan fingerprint density at radius 2 is 1.85 bits per heavy atom. The smallest absolute Gasteiger partial charge is 0.353 e. The summed E-state index contributed by atoms with van der Waals surface area (Å²) in [6.45, 7) is 3.64. The Bertz CT molecular complexity index is 470. The predicted molar refractivity (Wildman–Crippen MR) is 71.9 cm³/mol. The van der Waals surface area contributed by atoms with E-state index in [0.717, 1.165) is 50.1 Å². The molecule has 0 aromatic carbocycles. The summed E-state index contributed by atoms with van der Waals surface area (Å²) in [4.78, 5) is 11.5. The maximum Gasteiger partial charge on any atom is 0.433 e. The topological polar surface area (TPSA) is 32.3 Å². The average molecular weight is 304 g/mol. The lowest BCUT2D eigenvalue weighted by molar-refractivity contribution is -0.141. The van der Waals surface area contributed by atoms with E-state index >= 15 is 0 Å². The zero-order valence-corrected chi connectivity index (χ0v) is 11.6. The molecule has 2 aliphatic rings. The van der Waals surface area contributed by atoms with Crippen molar-refractivity contribution in [3.05, 3.63) is 18.1 Å². The first-order valence-corrected chi connectivity index (χ1v) is 7.65. The number of rotatable bonds is 2. The highest BCUT2D eigenvalue weighted by Crippen LogP contribution is 2.30. The van der Waals surface area contributed by atoms with Gasteiger partial charge in [-0.1, -0.05) is 0 Å². The number of nitrogens with zero attached hydrogens (tertiary/aromatic N) is 4. The lowest BCUT2D eigenvalue weighted by Crippen LogP contribution is -2.61. The normalized spacial score (nSPS) is 21.9. The third-order valence-corrected chi connectivity index (χ3v) is 4.63. The van der Waals surface area contributed by atoms with Gasteiger partial charge in [0, 0.05) is 49.8 Å². The molecule has 8 heteroatoms. The molecule has 1 aromatic heterocycles. The number of halogens is 3. The summed E-state index contributed by atoms with van der Waals surface area (Å²) in [6, 6.07) is 1.47. The fourth-order valence-corrected chi connectivity index (χ4v) is 3.42. The first-order valence-electron chi connectivity index (χ1n) is 6.50. The van der Waals surface area contributed by atoms with Crippen LogP contribution in [0.25, 0.3) is 0 Å². The Morgan fingerprint density at radius 1 is 1.15 bits per heavy atom. The second-order valence-corrected chi connectivity index (χ2v) is 6.19. The highest BCUT2D eigenvalue weighted by atomic mass is 32.2. The van der Waals surface area contributed by atoms with Gasteiger partial charge in [-0.15, -0.1) is 0 Å². The zero-order chi connectivity index (χ0) is 14.2. The minimum Gasteiger partial charge on any atom is -0.353 e. The van der Waals surface area contributed by atoms with Gasteiger partial charge in [0.2, 0.25) is 0 Å². The summed E-state index contributed by atoms with van der Waals surface area (Å²) in [6.07, 6.45) is -3.42. The van der Waals surface area contributed by atoms with Crippen LogP contribution in [0.4, 0.5) is 19.0 Å². The van der Waals surface area contributed by atoms with Crippen LogP contribution in [0.15, 0.2) is 12.4 Å². The lowest BCUT2D eigenvalue weighted by atomic mass is 10.1. The van der Waals surface area contributed by atoms with E-state index in [-0.39, 0.29) is 0 Å². The Hall–Kier alpha value is -1.02. The van der Waals surface area contributed by atoms with Crippen LogP contribution in [0.1, 0.15) is 5.69 Å². The van der Waals surface area contributed by atoms with Crippen molar-refractivity contribution in [3.8, 4) is 0 Å². The van der Waals surface area contributed by atoms with Crippen LogP contribution in [0, 0.1) is 0 Å². The molecular formula is C12H15F3N4S. The van der Waals surface area contributed by atoms with Gasteiger partial charge in [0.1, 0.15) is 17.8 Å². The highest BCUT2D eigenvalue weighted by molar-refractivity contribution is 7.99. The van der Waals surface area contributed by atoms with E-state index in [4.69, 9.17) is 0 Å². The molecule has 3 heterocycles. The van der Waals surface area contributed by atoms with Gasteiger partial charge in [-0.2, -0.15) is 24.9 Å². The largest absolute Gasteiger partial charge is 0.433 e. The molecule has 0 unspecified atom stereocenters. The summed E-state index contributed by atoms with van der Waals surface area (Å²) in [7, 11) is 0. The molecule has 0 aliphatic carbocycles. The Balaban J connectivity index is 1.62. The van der Waals surface area contributed by atoms with E-state index < -0.39 is 11.9 Å². The van der Waals surface area contributed by atoms with E-state index in [0.29, 0.717) is 11.9 Å². The van der Waals surface area contributed by atoms with E-state index in [1.165, 1.54) is 0 Å². The first-order chi connectivity index (χ1) is 9.54. The molecule has 0 bridgehead atoms. The van der Waals surface area contributed by atoms with Gasteiger partial charge < -0.3 is 4.90 Å². The van der Waals surface area contributed by atoms with Crippen LogP contribution in [-0.4, -0.2) is 58.6 Å². The Labute approximate surface area is 119 Å². The standard InChI is InChI=1S/C12H15F3N4S/c13-12(14,15)10-5-11(17-8-16-10)19-6-9(7-19)18-1-3-20-4-2-18/h5,8-9H,1-4,6-7H2. The SMILES string of the molecule is FC(F)(F)c1cc(N2CC(N3CCSCC3)C2)ncn1. The van der Waals surface area contributed by atoms with Gasteiger partial charge in [-0.05, 0) is 0 Å². The Morgan fingerprint density at radius 3 is 2.50 bits per heavy atom. The predicted octanol–water partition coefficient (Wildman–Crippen LogP) is 1.73. The van der Waals surface area contributed by atoms with Crippen LogP contribution < -0.4 is 4.90 Å². The third-order valence-electron chi connectivity index (χ3n) is 3.69. The molecule has 2 aliphatic heterocycles. The van der Waals surface area contributed by atoms with Crippen molar-refractivity contribution in [1.82, 2.24) is 14.9 Å². The van der Waals surface area contributed by atoms with Crippen molar-refractivity contribution in [2.75, 3.05) is 42.6 Å². The maximum atomic E-state index is 12.6. The summed E-state index contributed by atoms with van der Waals surface area (Å²) < 4.78 is 37.8. The number of thioether (sulfide) groups is 1. The molecule has 0 saturated carbocycles. The van der Waals surface area contributed by atoms with Crippen LogP contribution in [0.3, 0.4) is 0 Å². The molecule has 110 valence electrons. The maximum absolute atomic E-state index is 12.6. The molecular weight excluding hydrogens is 289 g/mol. The van der Waals surface area contributed by atoms with E-state index in [1.807, 2.05) is 16.7 Å². The Kier molecular flexibility index (Phi) is 3.76. The molecule has 4 nitrogen and oxygen atoms in total. The minimum atomic E-state index is -4.41. The van der Waals surface area contributed by atoms with Gasteiger partial charge in [0.05, 0.1) is 0 Å². The number of aromatic nitrogens is 2.